The van der Waals surface area contributed by atoms with E-state index >= 15 is 0 Å². The molecule has 3 heterocycles. The van der Waals surface area contributed by atoms with Crippen molar-refractivity contribution in [1.82, 2.24) is 4.90 Å². The predicted octanol–water partition coefficient (Wildman–Crippen LogP) is 2.00. The summed E-state index contributed by atoms with van der Waals surface area (Å²) in [6.07, 6.45) is 8.20. The van der Waals surface area contributed by atoms with E-state index in [0.717, 1.165) is 25.0 Å². The van der Waals surface area contributed by atoms with Gasteiger partial charge >= 0.3 is 0 Å². The number of allylic oxidation sites excluding steroid dienone is 2. The molecule has 3 atom stereocenters. The lowest BCUT2D eigenvalue weighted by atomic mass is 9.69. The Morgan fingerprint density at radius 3 is 2.90 bits per heavy atom. The number of hydrogen-bond acceptors (Lipinski definition) is 4. The molecule has 3 fully saturated rings. The van der Waals surface area contributed by atoms with Crippen LogP contribution in [-0.2, 0) is 4.79 Å². The van der Waals surface area contributed by atoms with Gasteiger partial charge in [-0.05, 0) is 12.8 Å². The zero-order valence-corrected chi connectivity index (χ0v) is 13.3. The molecule has 0 aromatic carbocycles. The van der Waals surface area contributed by atoms with E-state index in [0.29, 0.717) is 4.08 Å². The number of rotatable bonds is 0. The fraction of sp³-hybridized carbons (Fsp3) is 0.667. The Bertz CT molecular complexity index is 524. The number of thioether (sulfide) groups is 2. The van der Waals surface area contributed by atoms with Gasteiger partial charge in [0.15, 0.2) is 0 Å². The fourth-order valence-corrected chi connectivity index (χ4v) is 7.45. The minimum atomic E-state index is -0.205. The number of hydrogen-bond donors (Lipinski definition) is 1. The third-order valence-electron chi connectivity index (χ3n) is 5.47. The van der Waals surface area contributed by atoms with Crippen LogP contribution in [0.1, 0.15) is 19.8 Å². The molecule has 5 heteroatoms. The highest BCUT2D eigenvalue weighted by molar-refractivity contribution is 8.21. The highest BCUT2D eigenvalue weighted by Crippen LogP contribution is 2.58. The first-order chi connectivity index (χ1) is 9.57. The van der Waals surface area contributed by atoms with E-state index in [-0.39, 0.29) is 23.4 Å². The van der Waals surface area contributed by atoms with Gasteiger partial charge in [-0.1, -0.05) is 25.2 Å². The van der Waals surface area contributed by atoms with Crippen LogP contribution in [0.4, 0.5) is 0 Å². The van der Waals surface area contributed by atoms with Crippen LogP contribution in [0, 0.1) is 5.41 Å². The molecule has 1 aliphatic carbocycles. The van der Waals surface area contributed by atoms with Crippen LogP contribution < -0.4 is 5.73 Å². The summed E-state index contributed by atoms with van der Waals surface area (Å²) < 4.78 is 0.334. The molecule has 4 aliphatic rings. The Hall–Kier alpha value is -0.390. The zero-order valence-electron chi connectivity index (χ0n) is 11.7. The van der Waals surface area contributed by atoms with Crippen molar-refractivity contribution in [3.05, 3.63) is 23.8 Å². The maximum absolute atomic E-state index is 12.7. The molecule has 3 aliphatic heterocycles. The number of carbonyl (C=O) groups excluding carboxylic acids is 1. The van der Waals surface area contributed by atoms with E-state index in [9.17, 15) is 4.79 Å². The first kappa shape index (κ1) is 13.3. The third kappa shape index (κ3) is 1.57. The van der Waals surface area contributed by atoms with Crippen molar-refractivity contribution in [2.75, 3.05) is 18.1 Å². The number of piperidine rings is 1. The minimum absolute atomic E-state index is 0.0481. The second-order valence-corrected chi connectivity index (χ2v) is 9.57. The molecular weight excluding hydrogens is 288 g/mol. The molecule has 1 spiro atoms. The molecule has 108 valence electrons. The second kappa shape index (κ2) is 4.31. The van der Waals surface area contributed by atoms with Gasteiger partial charge in [-0.3, -0.25) is 4.79 Å². The van der Waals surface area contributed by atoms with Crippen molar-refractivity contribution in [3.8, 4) is 0 Å². The third-order valence-corrected chi connectivity index (χ3v) is 9.04. The van der Waals surface area contributed by atoms with Crippen LogP contribution >= 0.6 is 23.5 Å². The SMILES string of the molecule is CC12C(=CC=CC1N)C(=O)N1CCC3(CC12)SCCS3. The number of nitrogens with zero attached hydrogens (tertiary/aromatic N) is 1. The highest BCUT2D eigenvalue weighted by Gasteiger charge is 2.60. The summed E-state index contributed by atoms with van der Waals surface area (Å²) in [6.45, 7) is 3.09. The fourth-order valence-electron chi connectivity index (χ4n) is 4.18. The molecule has 3 nitrogen and oxygen atoms in total. The number of carbonyl (C=O) groups is 1. The van der Waals surface area contributed by atoms with Gasteiger partial charge in [0.25, 0.3) is 5.91 Å². The number of amides is 1. The maximum atomic E-state index is 12.7. The Kier molecular flexibility index (Phi) is 2.86. The summed E-state index contributed by atoms with van der Waals surface area (Å²) in [5.41, 5.74) is 7.12. The lowest BCUT2D eigenvalue weighted by molar-refractivity contribution is -0.127. The molecule has 3 saturated heterocycles. The summed E-state index contributed by atoms with van der Waals surface area (Å²) in [6, 6.07) is 0.223. The normalized spacial score (nSPS) is 41.8. The average Bonchev–Trinajstić information content (AvgIpc) is 2.97. The van der Waals surface area contributed by atoms with Gasteiger partial charge in [0.05, 0.1) is 4.08 Å². The number of nitrogens with two attached hydrogens (primary N) is 1. The molecule has 2 N–H and O–H groups in total. The Morgan fingerprint density at radius 1 is 1.40 bits per heavy atom. The van der Waals surface area contributed by atoms with E-state index in [1.54, 1.807) is 0 Å². The summed E-state index contributed by atoms with van der Waals surface area (Å²) in [5, 5.41) is 0. The van der Waals surface area contributed by atoms with Gasteiger partial charge in [0.2, 0.25) is 0 Å². The molecule has 0 aromatic heterocycles. The molecule has 20 heavy (non-hydrogen) atoms. The largest absolute Gasteiger partial charge is 0.335 e. The lowest BCUT2D eigenvalue weighted by Crippen LogP contribution is -2.54. The van der Waals surface area contributed by atoms with Crippen molar-refractivity contribution in [2.24, 2.45) is 11.1 Å². The van der Waals surface area contributed by atoms with E-state index < -0.39 is 0 Å². The van der Waals surface area contributed by atoms with Crippen LogP contribution in [0.25, 0.3) is 0 Å². The van der Waals surface area contributed by atoms with Crippen molar-refractivity contribution < 1.29 is 4.79 Å². The molecule has 4 rings (SSSR count). The first-order valence-corrected chi connectivity index (χ1v) is 9.27. The van der Waals surface area contributed by atoms with Gasteiger partial charge in [-0.2, -0.15) is 0 Å². The Balaban J connectivity index is 1.74. The van der Waals surface area contributed by atoms with Crippen molar-refractivity contribution in [2.45, 2.75) is 35.9 Å². The summed E-state index contributed by atoms with van der Waals surface area (Å²) in [5.74, 6) is 2.72. The molecule has 0 bridgehead atoms. The minimum Gasteiger partial charge on any atom is -0.335 e. The average molecular weight is 308 g/mol. The molecular formula is C15H20N2OS2. The molecule has 0 radical (unpaired) electrons. The van der Waals surface area contributed by atoms with E-state index in [2.05, 4.69) is 41.4 Å². The zero-order chi connectivity index (χ0) is 14.0. The quantitative estimate of drug-likeness (QED) is 0.743. The van der Waals surface area contributed by atoms with E-state index in [1.165, 1.54) is 11.5 Å². The number of fused-ring (bicyclic) bond motifs is 3. The van der Waals surface area contributed by atoms with E-state index in [1.807, 2.05) is 12.2 Å². The van der Waals surface area contributed by atoms with Crippen LogP contribution in [0.2, 0.25) is 0 Å². The summed E-state index contributed by atoms with van der Waals surface area (Å²) >= 11 is 4.20. The molecule has 0 saturated carbocycles. The van der Waals surface area contributed by atoms with E-state index in [4.69, 9.17) is 5.73 Å². The second-order valence-electron chi connectivity index (χ2n) is 6.35. The highest BCUT2D eigenvalue weighted by atomic mass is 32.2. The smallest absolute Gasteiger partial charge is 0.250 e. The van der Waals surface area contributed by atoms with Crippen LogP contribution in [0.3, 0.4) is 0 Å². The van der Waals surface area contributed by atoms with Crippen LogP contribution in [0.5, 0.6) is 0 Å². The molecule has 0 aromatic rings. The summed E-state index contributed by atoms with van der Waals surface area (Å²) in [4.78, 5) is 14.8. The van der Waals surface area contributed by atoms with Crippen molar-refractivity contribution in [1.29, 1.82) is 0 Å². The molecule has 1 amide bonds. The Morgan fingerprint density at radius 2 is 2.15 bits per heavy atom. The maximum Gasteiger partial charge on any atom is 0.250 e. The van der Waals surface area contributed by atoms with Gasteiger partial charge in [-0.25, -0.2) is 0 Å². The first-order valence-electron chi connectivity index (χ1n) is 7.30. The van der Waals surface area contributed by atoms with Gasteiger partial charge in [0, 0.05) is 41.1 Å². The Labute approximate surface area is 128 Å². The molecule has 3 unspecified atom stereocenters. The predicted molar refractivity (Wildman–Crippen MR) is 85.7 cm³/mol. The standard InChI is InChI=1S/C15H20N2OS2/c1-14-10(3-2-4-11(14)16)13(18)17-6-5-15(9-12(14)17)19-7-8-20-15/h2-4,11-12H,5-9,16H2,1H3. The van der Waals surface area contributed by atoms with Crippen molar-refractivity contribution in [3.63, 3.8) is 0 Å². The van der Waals surface area contributed by atoms with Gasteiger partial charge in [-0.15, -0.1) is 23.5 Å². The van der Waals surface area contributed by atoms with Crippen molar-refractivity contribution >= 4 is 29.4 Å². The van der Waals surface area contributed by atoms with Gasteiger partial charge in [0.1, 0.15) is 0 Å². The van der Waals surface area contributed by atoms with Crippen LogP contribution in [0.15, 0.2) is 23.8 Å². The topological polar surface area (TPSA) is 46.3 Å². The summed E-state index contributed by atoms with van der Waals surface area (Å²) in [7, 11) is 0. The van der Waals surface area contributed by atoms with Crippen LogP contribution in [-0.4, -0.2) is 45.0 Å². The monoisotopic (exact) mass is 308 g/mol. The van der Waals surface area contributed by atoms with Gasteiger partial charge < -0.3 is 10.6 Å². The lowest BCUT2D eigenvalue weighted by Gasteiger charge is -2.47.